The quantitative estimate of drug-likeness (QED) is 0.840. The van der Waals surface area contributed by atoms with Gasteiger partial charge in [0.1, 0.15) is 0 Å². The molecular formula is C15H24N2O2S2. The van der Waals surface area contributed by atoms with Crippen molar-refractivity contribution in [3.63, 3.8) is 0 Å². The number of aryl methyl sites for hydroxylation is 2. The van der Waals surface area contributed by atoms with Gasteiger partial charge in [-0.15, -0.1) is 0 Å². The van der Waals surface area contributed by atoms with Crippen LogP contribution in [0.5, 0.6) is 0 Å². The summed E-state index contributed by atoms with van der Waals surface area (Å²) < 4.78 is 28.1. The average molecular weight is 329 g/mol. The molecule has 2 N–H and O–H groups in total. The van der Waals surface area contributed by atoms with Crippen LogP contribution in [0.25, 0.3) is 0 Å². The summed E-state index contributed by atoms with van der Waals surface area (Å²) in [6.07, 6.45) is 0.916. The maximum atomic E-state index is 12.6. The first kappa shape index (κ1) is 16.8. The predicted molar refractivity (Wildman–Crippen MR) is 89.3 cm³/mol. The fourth-order valence-corrected chi connectivity index (χ4v) is 5.33. The summed E-state index contributed by atoms with van der Waals surface area (Å²) >= 11 is 1.80. The molecule has 1 aliphatic rings. The Labute approximate surface area is 132 Å². The zero-order valence-electron chi connectivity index (χ0n) is 12.9. The molecule has 0 radical (unpaired) electrons. The molecule has 2 rings (SSSR count). The van der Waals surface area contributed by atoms with E-state index < -0.39 is 10.0 Å². The molecule has 1 fully saturated rings. The van der Waals surface area contributed by atoms with Gasteiger partial charge in [0.05, 0.1) is 4.90 Å². The molecule has 1 aliphatic heterocycles. The minimum absolute atomic E-state index is 0.0675. The van der Waals surface area contributed by atoms with E-state index in [0.717, 1.165) is 41.2 Å². The van der Waals surface area contributed by atoms with Gasteiger partial charge in [-0.25, -0.2) is 13.1 Å². The lowest BCUT2D eigenvalue weighted by atomic mass is 10.1. The molecule has 0 bridgehead atoms. The minimum atomic E-state index is -3.43. The van der Waals surface area contributed by atoms with E-state index in [2.05, 4.69) is 10.0 Å². The highest BCUT2D eigenvalue weighted by atomic mass is 32.2. The summed E-state index contributed by atoms with van der Waals surface area (Å²) in [6.45, 7) is 7.50. The van der Waals surface area contributed by atoms with Gasteiger partial charge in [-0.2, -0.15) is 11.8 Å². The average Bonchev–Trinajstić information content (AvgIpc) is 2.89. The Kier molecular flexibility index (Phi) is 5.71. The first-order valence-electron chi connectivity index (χ1n) is 7.35. The highest BCUT2D eigenvalue weighted by Gasteiger charge is 2.25. The molecule has 1 heterocycles. The van der Waals surface area contributed by atoms with E-state index >= 15 is 0 Å². The summed E-state index contributed by atoms with van der Waals surface area (Å²) in [5.41, 5.74) is 2.98. The van der Waals surface area contributed by atoms with Gasteiger partial charge in [0.25, 0.3) is 0 Å². The molecule has 0 spiro atoms. The van der Waals surface area contributed by atoms with Crippen molar-refractivity contribution < 1.29 is 8.42 Å². The number of sulfonamides is 1. The zero-order chi connectivity index (χ0) is 15.5. The fourth-order valence-electron chi connectivity index (χ4n) is 2.52. The third-order valence-electron chi connectivity index (χ3n) is 3.74. The molecule has 0 aromatic heterocycles. The van der Waals surface area contributed by atoms with Crippen LogP contribution < -0.4 is 10.0 Å². The maximum Gasteiger partial charge on any atom is 0.241 e. The van der Waals surface area contributed by atoms with Gasteiger partial charge in [0, 0.05) is 18.3 Å². The van der Waals surface area contributed by atoms with Crippen molar-refractivity contribution in [1.29, 1.82) is 0 Å². The van der Waals surface area contributed by atoms with E-state index in [1.165, 1.54) is 0 Å². The molecular weight excluding hydrogens is 304 g/mol. The van der Waals surface area contributed by atoms with Crippen LogP contribution in [0.15, 0.2) is 17.0 Å². The third kappa shape index (κ3) is 4.22. The van der Waals surface area contributed by atoms with Gasteiger partial charge in [0.2, 0.25) is 10.0 Å². The van der Waals surface area contributed by atoms with Crippen LogP contribution in [0.1, 0.15) is 30.0 Å². The van der Waals surface area contributed by atoms with Crippen LogP contribution in [0.3, 0.4) is 0 Å². The smallest absolute Gasteiger partial charge is 0.241 e. The monoisotopic (exact) mass is 328 g/mol. The summed E-state index contributed by atoms with van der Waals surface area (Å²) in [7, 11) is -3.43. The highest BCUT2D eigenvalue weighted by molar-refractivity contribution is 7.99. The zero-order valence-corrected chi connectivity index (χ0v) is 14.5. The van der Waals surface area contributed by atoms with Crippen LogP contribution in [-0.4, -0.2) is 32.5 Å². The molecule has 1 aromatic rings. The van der Waals surface area contributed by atoms with E-state index in [-0.39, 0.29) is 6.04 Å². The Morgan fingerprint density at radius 1 is 1.29 bits per heavy atom. The van der Waals surface area contributed by atoms with Gasteiger partial charge in [-0.3, -0.25) is 0 Å². The second-order valence-corrected chi connectivity index (χ2v) is 8.34. The van der Waals surface area contributed by atoms with Crippen LogP contribution >= 0.6 is 11.8 Å². The number of benzene rings is 1. The van der Waals surface area contributed by atoms with E-state index in [1.807, 2.05) is 32.9 Å². The lowest BCUT2D eigenvalue weighted by Crippen LogP contribution is -2.35. The maximum absolute atomic E-state index is 12.6. The topological polar surface area (TPSA) is 58.2 Å². The van der Waals surface area contributed by atoms with Crippen LogP contribution in [0, 0.1) is 13.8 Å². The number of nitrogens with one attached hydrogen (secondary N) is 2. The normalized spacial score (nSPS) is 19.1. The summed E-state index contributed by atoms with van der Waals surface area (Å²) in [5.74, 6) is 1.90. The van der Waals surface area contributed by atoms with Crippen LogP contribution in [-0.2, 0) is 16.6 Å². The number of rotatable bonds is 6. The third-order valence-corrected chi connectivity index (χ3v) is 6.56. The van der Waals surface area contributed by atoms with Gasteiger partial charge < -0.3 is 5.32 Å². The van der Waals surface area contributed by atoms with Crippen LogP contribution in [0.4, 0.5) is 0 Å². The SMILES string of the molecule is CCNCc1cc(S(=O)(=O)NC2CCSC2)c(C)cc1C. The molecule has 21 heavy (non-hydrogen) atoms. The molecule has 1 saturated heterocycles. The van der Waals surface area contributed by atoms with Crippen molar-refractivity contribution in [2.75, 3.05) is 18.1 Å². The van der Waals surface area contributed by atoms with Crippen molar-refractivity contribution >= 4 is 21.8 Å². The van der Waals surface area contributed by atoms with Crippen molar-refractivity contribution in [3.05, 3.63) is 28.8 Å². The molecule has 0 aliphatic carbocycles. The van der Waals surface area contributed by atoms with Crippen molar-refractivity contribution in [1.82, 2.24) is 10.0 Å². The van der Waals surface area contributed by atoms with E-state index in [4.69, 9.17) is 0 Å². The molecule has 6 heteroatoms. The highest BCUT2D eigenvalue weighted by Crippen LogP contribution is 2.23. The second-order valence-electron chi connectivity index (χ2n) is 5.51. The molecule has 118 valence electrons. The lowest BCUT2D eigenvalue weighted by molar-refractivity contribution is 0.562. The summed E-state index contributed by atoms with van der Waals surface area (Å²) in [6, 6.07) is 3.85. The second kappa shape index (κ2) is 7.13. The standard InChI is InChI=1S/C15H24N2O2S2/c1-4-16-9-13-8-15(12(3)7-11(13)2)21(18,19)17-14-5-6-20-10-14/h7-8,14,16-17H,4-6,9-10H2,1-3H3. The number of hydrogen-bond donors (Lipinski definition) is 2. The van der Waals surface area contributed by atoms with E-state index in [0.29, 0.717) is 11.4 Å². The molecule has 0 amide bonds. The fraction of sp³-hybridized carbons (Fsp3) is 0.600. The lowest BCUT2D eigenvalue weighted by Gasteiger charge is -2.16. The van der Waals surface area contributed by atoms with Gasteiger partial charge >= 0.3 is 0 Å². The Bertz CT molecular complexity index is 594. The molecule has 1 unspecified atom stereocenters. The Hall–Kier alpha value is -0.560. The van der Waals surface area contributed by atoms with Gasteiger partial charge in [-0.1, -0.05) is 13.0 Å². The van der Waals surface area contributed by atoms with Crippen LogP contribution in [0.2, 0.25) is 0 Å². The summed E-state index contributed by atoms with van der Waals surface area (Å²) in [5, 5.41) is 3.26. The van der Waals surface area contributed by atoms with Gasteiger partial charge in [-0.05, 0) is 55.3 Å². The largest absolute Gasteiger partial charge is 0.313 e. The minimum Gasteiger partial charge on any atom is -0.313 e. The first-order valence-corrected chi connectivity index (χ1v) is 9.98. The molecule has 0 saturated carbocycles. The molecule has 1 aromatic carbocycles. The first-order chi connectivity index (χ1) is 9.94. The number of thioether (sulfide) groups is 1. The molecule has 4 nitrogen and oxygen atoms in total. The van der Waals surface area contributed by atoms with E-state index in [1.54, 1.807) is 11.8 Å². The Morgan fingerprint density at radius 2 is 2.05 bits per heavy atom. The summed E-state index contributed by atoms with van der Waals surface area (Å²) in [4.78, 5) is 0.415. The van der Waals surface area contributed by atoms with Crippen molar-refractivity contribution in [3.8, 4) is 0 Å². The van der Waals surface area contributed by atoms with Crippen molar-refractivity contribution in [2.24, 2.45) is 0 Å². The number of hydrogen-bond acceptors (Lipinski definition) is 4. The predicted octanol–water partition coefficient (Wildman–Crippen LogP) is 2.20. The van der Waals surface area contributed by atoms with Gasteiger partial charge in [0.15, 0.2) is 0 Å². The van der Waals surface area contributed by atoms with Crippen molar-refractivity contribution in [2.45, 2.75) is 44.7 Å². The Balaban J connectivity index is 2.28. The van der Waals surface area contributed by atoms with E-state index in [9.17, 15) is 8.42 Å². The Morgan fingerprint density at radius 3 is 2.67 bits per heavy atom. The molecule has 1 atom stereocenters.